The van der Waals surface area contributed by atoms with Crippen LogP contribution in [0.5, 0.6) is 0 Å². The van der Waals surface area contributed by atoms with Gasteiger partial charge >= 0.3 is 0 Å². The Kier molecular flexibility index (Phi) is 15.1. The largest absolute Gasteiger partial charge is 0.0842 e. The van der Waals surface area contributed by atoms with Gasteiger partial charge in [0.25, 0.3) is 0 Å². The summed E-state index contributed by atoms with van der Waals surface area (Å²) in [5.74, 6) is 0. The fraction of sp³-hybridized carbons (Fsp3) is 0.0294. The topological polar surface area (TPSA) is 0 Å². The van der Waals surface area contributed by atoms with Gasteiger partial charge in [0.15, 0.2) is 0 Å². The maximum absolute atomic E-state index is 2.39. The second kappa shape index (κ2) is 23.0. The van der Waals surface area contributed by atoms with Crippen LogP contribution in [-0.4, -0.2) is 0 Å². The van der Waals surface area contributed by atoms with Crippen molar-refractivity contribution in [2.75, 3.05) is 0 Å². The molecule has 0 N–H and O–H groups in total. The fourth-order valence-corrected chi connectivity index (χ4v) is 8.83. The van der Waals surface area contributed by atoms with Crippen LogP contribution in [0.15, 0.2) is 303 Å². The van der Waals surface area contributed by atoms with E-state index in [0.29, 0.717) is 0 Å². The molecular formula is C68H54. The zero-order valence-electron chi connectivity index (χ0n) is 38.3. The number of rotatable bonds is 6. The standard InChI is InChI=1S/C38H26.2C12H10.C6H8/c1-4-14-27(15-5-1)30-24-25-35-36(26-30)38(32-21-11-10-20-31(32)28-16-6-2-7-17-28)34-23-13-12-22-33(34)37(35)29-18-8-3-9-19-29;2*1-3-7-11(8-4-1)12-9-5-2-6-10-12;1-2-4-6-5-3-1/h1-26H;2*1-10H;1-4H,5-6H2. The molecule has 68 heavy (non-hydrogen) atoms. The third-order valence-electron chi connectivity index (χ3n) is 12.1. The molecule has 11 aromatic carbocycles. The summed E-state index contributed by atoms with van der Waals surface area (Å²) in [6.07, 6.45) is 11.0. The number of benzene rings is 11. The Morgan fingerprint density at radius 2 is 0.500 bits per heavy atom. The fourth-order valence-electron chi connectivity index (χ4n) is 8.83. The summed E-state index contributed by atoms with van der Waals surface area (Å²) < 4.78 is 0. The maximum atomic E-state index is 2.39. The number of hydrogen-bond acceptors (Lipinski definition) is 0. The average Bonchev–Trinajstić information content (AvgIpc) is 3.45. The maximum Gasteiger partial charge on any atom is -0.00199 e. The zero-order chi connectivity index (χ0) is 46.0. The van der Waals surface area contributed by atoms with E-state index < -0.39 is 0 Å². The van der Waals surface area contributed by atoms with Crippen molar-refractivity contribution in [3.05, 3.63) is 303 Å². The van der Waals surface area contributed by atoms with Gasteiger partial charge in [0, 0.05) is 0 Å². The van der Waals surface area contributed by atoms with Gasteiger partial charge in [0.2, 0.25) is 0 Å². The van der Waals surface area contributed by atoms with Gasteiger partial charge in [-0.25, -0.2) is 0 Å². The Bertz CT molecular complexity index is 3160. The van der Waals surface area contributed by atoms with Crippen molar-refractivity contribution < 1.29 is 0 Å². The van der Waals surface area contributed by atoms with E-state index in [-0.39, 0.29) is 0 Å². The molecule has 0 atom stereocenters. The van der Waals surface area contributed by atoms with Crippen LogP contribution >= 0.6 is 0 Å². The molecular weight excluding hydrogens is 817 g/mol. The van der Waals surface area contributed by atoms with Gasteiger partial charge in [-0.3, -0.25) is 0 Å². The molecule has 0 unspecified atom stereocenters. The Morgan fingerprint density at radius 3 is 0.897 bits per heavy atom. The molecule has 0 saturated heterocycles. The summed E-state index contributed by atoms with van der Waals surface area (Å²) in [6.45, 7) is 0. The Labute approximate surface area is 402 Å². The van der Waals surface area contributed by atoms with Crippen LogP contribution in [0.3, 0.4) is 0 Å². The minimum atomic E-state index is 1.23. The number of fused-ring (bicyclic) bond motifs is 2. The molecule has 0 heteroatoms. The van der Waals surface area contributed by atoms with E-state index in [0.717, 1.165) is 0 Å². The van der Waals surface area contributed by atoms with E-state index in [1.165, 1.54) is 101 Å². The first kappa shape index (κ1) is 44.6. The molecule has 0 bridgehead atoms. The SMILES string of the molecule is C1=CCCC=C1.c1ccc(-c2ccc3c(-c4ccccc4)c4ccccc4c(-c4ccccc4-c4ccccc4)c3c2)cc1.c1ccc(-c2ccccc2)cc1.c1ccc(-c2ccccc2)cc1. The third kappa shape index (κ3) is 11.1. The summed E-state index contributed by atoms with van der Waals surface area (Å²) >= 11 is 0. The highest BCUT2D eigenvalue weighted by Gasteiger charge is 2.19. The van der Waals surface area contributed by atoms with Gasteiger partial charge in [0.1, 0.15) is 0 Å². The molecule has 0 amide bonds. The summed E-state index contributed by atoms with van der Waals surface area (Å²) in [4.78, 5) is 0. The first-order valence-electron chi connectivity index (χ1n) is 23.6. The zero-order valence-corrected chi connectivity index (χ0v) is 38.3. The predicted octanol–water partition coefficient (Wildman–Crippen LogP) is 19.3. The van der Waals surface area contributed by atoms with Gasteiger partial charge in [-0.2, -0.15) is 0 Å². The van der Waals surface area contributed by atoms with Crippen molar-refractivity contribution in [2.24, 2.45) is 0 Å². The molecule has 0 fully saturated rings. The first-order valence-corrected chi connectivity index (χ1v) is 23.6. The van der Waals surface area contributed by atoms with Gasteiger partial charge in [0.05, 0.1) is 0 Å². The molecule has 0 aliphatic heterocycles. The highest BCUT2D eigenvalue weighted by molar-refractivity contribution is 6.23. The van der Waals surface area contributed by atoms with Crippen LogP contribution in [-0.2, 0) is 0 Å². The minimum Gasteiger partial charge on any atom is -0.0842 e. The van der Waals surface area contributed by atoms with Gasteiger partial charge in [-0.05, 0) is 107 Å². The second-order valence-corrected chi connectivity index (χ2v) is 16.6. The van der Waals surface area contributed by atoms with Crippen molar-refractivity contribution in [2.45, 2.75) is 12.8 Å². The molecule has 0 nitrogen and oxygen atoms in total. The molecule has 1 aliphatic carbocycles. The summed E-state index contributed by atoms with van der Waals surface area (Å²) in [7, 11) is 0. The lowest BCUT2D eigenvalue weighted by Crippen LogP contribution is -1.93. The predicted molar refractivity (Wildman–Crippen MR) is 294 cm³/mol. The van der Waals surface area contributed by atoms with Crippen molar-refractivity contribution in [1.29, 1.82) is 0 Å². The lowest BCUT2D eigenvalue weighted by atomic mass is 9.83. The van der Waals surface area contributed by atoms with E-state index in [1.807, 2.05) is 24.3 Å². The van der Waals surface area contributed by atoms with E-state index in [9.17, 15) is 0 Å². The van der Waals surface area contributed by atoms with Crippen LogP contribution in [0.1, 0.15) is 12.8 Å². The van der Waals surface area contributed by atoms with E-state index >= 15 is 0 Å². The van der Waals surface area contributed by atoms with Crippen molar-refractivity contribution >= 4 is 21.5 Å². The molecule has 12 rings (SSSR count). The van der Waals surface area contributed by atoms with Crippen LogP contribution in [0.4, 0.5) is 0 Å². The molecule has 326 valence electrons. The Hall–Kier alpha value is -8.58. The van der Waals surface area contributed by atoms with Gasteiger partial charge in [-0.1, -0.05) is 297 Å². The second-order valence-electron chi connectivity index (χ2n) is 16.6. The molecule has 0 radical (unpaired) electrons. The smallest absolute Gasteiger partial charge is 0.00199 e. The average molecular weight is 871 g/mol. The van der Waals surface area contributed by atoms with Crippen LogP contribution < -0.4 is 0 Å². The van der Waals surface area contributed by atoms with E-state index in [4.69, 9.17) is 0 Å². The lowest BCUT2D eigenvalue weighted by molar-refractivity contribution is 1.04. The van der Waals surface area contributed by atoms with Gasteiger partial charge < -0.3 is 0 Å². The van der Waals surface area contributed by atoms with Crippen molar-refractivity contribution in [3.63, 3.8) is 0 Å². The molecule has 0 aromatic heterocycles. The Balaban J connectivity index is 0.000000154. The summed E-state index contributed by atoms with van der Waals surface area (Å²) in [5, 5.41) is 5.09. The van der Waals surface area contributed by atoms with Crippen LogP contribution in [0.2, 0.25) is 0 Å². The Morgan fingerprint density at radius 1 is 0.191 bits per heavy atom. The van der Waals surface area contributed by atoms with Crippen molar-refractivity contribution in [1.82, 2.24) is 0 Å². The van der Waals surface area contributed by atoms with E-state index in [1.54, 1.807) is 0 Å². The quantitative estimate of drug-likeness (QED) is 0.146. The van der Waals surface area contributed by atoms with Gasteiger partial charge in [-0.15, -0.1) is 0 Å². The molecule has 0 spiro atoms. The first-order chi connectivity index (χ1) is 33.8. The van der Waals surface area contributed by atoms with Crippen LogP contribution in [0, 0.1) is 0 Å². The highest BCUT2D eigenvalue weighted by Crippen LogP contribution is 2.47. The molecule has 0 saturated carbocycles. The van der Waals surface area contributed by atoms with Crippen LogP contribution in [0.25, 0.3) is 88.3 Å². The normalized spacial score (nSPS) is 11.3. The summed E-state index contributed by atoms with van der Waals surface area (Å²) in [6, 6.07) is 98.5. The summed E-state index contributed by atoms with van der Waals surface area (Å²) in [5.41, 5.74) is 15.1. The number of allylic oxidation sites excluding steroid dienone is 4. The van der Waals surface area contributed by atoms with Crippen molar-refractivity contribution in [3.8, 4) is 66.8 Å². The van der Waals surface area contributed by atoms with E-state index in [2.05, 4.69) is 279 Å². The monoisotopic (exact) mass is 870 g/mol. The molecule has 1 aliphatic rings. The number of hydrogen-bond donors (Lipinski definition) is 0. The lowest BCUT2D eigenvalue weighted by Gasteiger charge is -2.20. The third-order valence-corrected chi connectivity index (χ3v) is 12.1. The highest BCUT2D eigenvalue weighted by atomic mass is 14.2. The molecule has 11 aromatic rings. The molecule has 0 heterocycles. The minimum absolute atomic E-state index is 1.23.